The maximum Gasteiger partial charge on any atom is 0.146 e. The van der Waals surface area contributed by atoms with E-state index in [2.05, 4.69) is 6.07 Å². The Labute approximate surface area is 118 Å². The van der Waals surface area contributed by atoms with E-state index in [9.17, 15) is 0 Å². The van der Waals surface area contributed by atoms with Crippen molar-refractivity contribution < 1.29 is 4.74 Å². The second kappa shape index (κ2) is 5.14. The van der Waals surface area contributed by atoms with Crippen LogP contribution in [0.2, 0.25) is 5.02 Å². The molecule has 0 fully saturated rings. The van der Waals surface area contributed by atoms with Crippen LogP contribution in [0.25, 0.3) is 0 Å². The molecule has 1 aliphatic carbocycles. The molecule has 2 nitrogen and oxygen atoms in total. The Morgan fingerprint density at radius 3 is 2.68 bits per heavy atom. The van der Waals surface area contributed by atoms with Crippen molar-refractivity contribution >= 4 is 17.3 Å². The summed E-state index contributed by atoms with van der Waals surface area (Å²) in [6.45, 7) is 0. The summed E-state index contributed by atoms with van der Waals surface area (Å²) in [4.78, 5) is 0. The zero-order valence-corrected chi connectivity index (χ0v) is 11.4. The lowest BCUT2D eigenvalue weighted by Gasteiger charge is -2.19. The third-order valence-corrected chi connectivity index (χ3v) is 3.82. The molecular weight excluding hydrogens is 258 g/mol. The predicted molar refractivity (Wildman–Crippen MR) is 79.0 cm³/mol. The summed E-state index contributed by atoms with van der Waals surface area (Å²) in [7, 11) is 0. The number of halogens is 1. The molecule has 1 aliphatic rings. The van der Waals surface area contributed by atoms with Crippen LogP contribution >= 0.6 is 11.6 Å². The smallest absolute Gasteiger partial charge is 0.146 e. The molecule has 3 rings (SSSR count). The van der Waals surface area contributed by atoms with Crippen LogP contribution in [-0.4, -0.2) is 0 Å². The van der Waals surface area contributed by atoms with Crippen LogP contribution in [0.3, 0.4) is 0 Å². The van der Waals surface area contributed by atoms with Crippen molar-refractivity contribution in [2.75, 3.05) is 5.73 Å². The zero-order valence-electron chi connectivity index (χ0n) is 10.7. The van der Waals surface area contributed by atoms with Crippen molar-refractivity contribution in [1.29, 1.82) is 0 Å². The van der Waals surface area contributed by atoms with E-state index in [0.717, 1.165) is 18.6 Å². The number of nitrogen functional groups attached to an aromatic ring is 1. The van der Waals surface area contributed by atoms with Gasteiger partial charge in [-0.2, -0.15) is 0 Å². The van der Waals surface area contributed by atoms with Crippen LogP contribution in [0.15, 0.2) is 36.4 Å². The van der Waals surface area contributed by atoms with Gasteiger partial charge in [-0.3, -0.25) is 0 Å². The summed E-state index contributed by atoms with van der Waals surface area (Å²) in [5.41, 5.74) is 9.06. The van der Waals surface area contributed by atoms with E-state index < -0.39 is 0 Å². The molecule has 0 aliphatic heterocycles. The molecule has 0 radical (unpaired) electrons. The number of aryl methyl sites for hydroxylation is 1. The molecule has 19 heavy (non-hydrogen) atoms. The standard InChI is InChI=1S/C16H16ClNO/c17-14-10-12(18)8-9-16(14)19-15-7-3-5-11-4-1-2-6-13(11)15/h3,5,7-10H,1-2,4,6,18H2. The number of fused-ring (bicyclic) bond motifs is 1. The van der Waals surface area contributed by atoms with Gasteiger partial charge in [-0.05, 0) is 61.1 Å². The Kier molecular flexibility index (Phi) is 3.34. The van der Waals surface area contributed by atoms with Gasteiger partial charge in [-0.1, -0.05) is 23.7 Å². The Morgan fingerprint density at radius 2 is 1.84 bits per heavy atom. The fourth-order valence-electron chi connectivity index (χ4n) is 2.56. The molecule has 98 valence electrons. The van der Waals surface area contributed by atoms with Gasteiger partial charge in [0.2, 0.25) is 0 Å². The largest absolute Gasteiger partial charge is 0.456 e. The summed E-state index contributed by atoms with van der Waals surface area (Å²) >= 11 is 6.16. The second-order valence-corrected chi connectivity index (χ2v) is 5.30. The molecule has 0 bridgehead atoms. The Hall–Kier alpha value is -1.67. The minimum absolute atomic E-state index is 0.549. The lowest BCUT2D eigenvalue weighted by molar-refractivity contribution is 0.470. The summed E-state index contributed by atoms with van der Waals surface area (Å²) in [5.74, 6) is 1.58. The normalized spacial score (nSPS) is 13.9. The number of benzene rings is 2. The Bertz CT molecular complexity index is 610. The topological polar surface area (TPSA) is 35.2 Å². The van der Waals surface area contributed by atoms with Gasteiger partial charge >= 0.3 is 0 Å². The number of hydrogen-bond acceptors (Lipinski definition) is 2. The first-order chi connectivity index (χ1) is 9.24. The van der Waals surface area contributed by atoms with Gasteiger partial charge in [-0.15, -0.1) is 0 Å². The van der Waals surface area contributed by atoms with Gasteiger partial charge in [0.1, 0.15) is 11.5 Å². The molecule has 0 atom stereocenters. The highest BCUT2D eigenvalue weighted by atomic mass is 35.5. The molecule has 2 aromatic carbocycles. The van der Waals surface area contributed by atoms with Gasteiger partial charge in [0.25, 0.3) is 0 Å². The molecule has 0 saturated carbocycles. The fraction of sp³-hybridized carbons (Fsp3) is 0.250. The molecule has 0 saturated heterocycles. The van der Waals surface area contributed by atoms with Crippen molar-refractivity contribution in [3.63, 3.8) is 0 Å². The molecule has 0 unspecified atom stereocenters. The maximum atomic E-state index is 6.16. The van der Waals surface area contributed by atoms with Crippen molar-refractivity contribution in [2.45, 2.75) is 25.7 Å². The number of rotatable bonds is 2. The highest BCUT2D eigenvalue weighted by molar-refractivity contribution is 6.32. The summed E-state index contributed by atoms with van der Waals surface area (Å²) in [5, 5.41) is 0.549. The Balaban J connectivity index is 1.95. The third-order valence-electron chi connectivity index (χ3n) is 3.53. The van der Waals surface area contributed by atoms with E-state index >= 15 is 0 Å². The number of nitrogens with two attached hydrogens (primary N) is 1. The van der Waals surface area contributed by atoms with Crippen LogP contribution in [0.4, 0.5) is 5.69 Å². The predicted octanol–water partition coefficient (Wildman–Crippen LogP) is 4.59. The Morgan fingerprint density at radius 1 is 1.00 bits per heavy atom. The fourth-order valence-corrected chi connectivity index (χ4v) is 2.79. The minimum Gasteiger partial charge on any atom is -0.456 e. The number of anilines is 1. The van der Waals surface area contributed by atoms with E-state index in [0.29, 0.717) is 16.5 Å². The molecule has 0 aromatic heterocycles. The van der Waals surface area contributed by atoms with E-state index in [4.69, 9.17) is 22.1 Å². The van der Waals surface area contributed by atoms with E-state index in [1.807, 2.05) is 18.2 Å². The molecule has 0 amide bonds. The third kappa shape index (κ3) is 2.54. The van der Waals surface area contributed by atoms with Crippen molar-refractivity contribution in [2.24, 2.45) is 0 Å². The maximum absolute atomic E-state index is 6.16. The average molecular weight is 274 g/mol. The molecular formula is C16H16ClNO. The SMILES string of the molecule is Nc1ccc(Oc2cccc3c2CCCC3)c(Cl)c1. The van der Waals surface area contributed by atoms with Crippen molar-refractivity contribution in [3.8, 4) is 11.5 Å². The zero-order chi connectivity index (χ0) is 13.2. The van der Waals surface area contributed by atoms with E-state index in [-0.39, 0.29) is 0 Å². The van der Waals surface area contributed by atoms with Gasteiger partial charge in [-0.25, -0.2) is 0 Å². The monoisotopic (exact) mass is 273 g/mol. The summed E-state index contributed by atoms with van der Waals surface area (Å²) in [6, 6.07) is 11.6. The van der Waals surface area contributed by atoms with Crippen LogP contribution in [0.1, 0.15) is 24.0 Å². The second-order valence-electron chi connectivity index (χ2n) is 4.89. The van der Waals surface area contributed by atoms with Gasteiger partial charge in [0.05, 0.1) is 5.02 Å². The van der Waals surface area contributed by atoms with E-state index in [1.165, 1.54) is 24.0 Å². The summed E-state index contributed by atoms with van der Waals surface area (Å²) in [6.07, 6.45) is 4.71. The highest BCUT2D eigenvalue weighted by Gasteiger charge is 2.15. The van der Waals surface area contributed by atoms with Gasteiger partial charge < -0.3 is 10.5 Å². The van der Waals surface area contributed by atoms with Crippen LogP contribution in [-0.2, 0) is 12.8 Å². The van der Waals surface area contributed by atoms with E-state index in [1.54, 1.807) is 12.1 Å². The molecule has 0 spiro atoms. The first kappa shape index (κ1) is 12.4. The number of hydrogen-bond donors (Lipinski definition) is 1. The molecule has 3 heteroatoms. The summed E-state index contributed by atoms with van der Waals surface area (Å²) < 4.78 is 5.98. The quantitative estimate of drug-likeness (QED) is 0.812. The molecule has 0 heterocycles. The van der Waals surface area contributed by atoms with Crippen molar-refractivity contribution in [1.82, 2.24) is 0 Å². The van der Waals surface area contributed by atoms with Crippen LogP contribution < -0.4 is 10.5 Å². The highest BCUT2D eigenvalue weighted by Crippen LogP contribution is 2.35. The van der Waals surface area contributed by atoms with Crippen molar-refractivity contribution in [3.05, 3.63) is 52.5 Å². The molecule has 2 aromatic rings. The first-order valence-corrected chi connectivity index (χ1v) is 6.95. The molecule has 2 N–H and O–H groups in total. The first-order valence-electron chi connectivity index (χ1n) is 6.58. The number of ether oxygens (including phenoxy) is 1. The van der Waals surface area contributed by atoms with Crippen LogP contribution in [0.5, 0.6) is 11.5 Å². The minimum atomic E-state index is 0.549. The average Bonchev–Trinajstić information content (AvgIpc) is 2.42. The lowest BCUT2D eigenvalue weighted by atomic mass is 9.91. The lowest BCUT2D eigenvalue weighted by Crippen LogP contribution is -2.04. The van der Waals surface area contributed by atoms with Gasteiger partial charge in [0.15, 0.2) is 0 Å². The van der Waals surface area contributed by atoms with Crippen LogP contribution in [0, 0.1) is 0 Å². The van der Waals surface area contributed by atoms with Gasteiger partial charge in [0, 0.05) is 5.69 Å².